The van der Waals surface area contributed by atoms with E-state index < -0.39 is 24.0 Å². The number of alkyl carbamates (subject to hydrolysis) is 1. The number of carbonyl (C=O) groups is 3. The maximum Gasteiger partial charge on any atom is 0.407 e. The van der Waals surface area contributed by atoms with Gasteiger partial charge < -0.3 is 20.1 Å². The van der Waals surface area contributed by atoms with Gasteiger partial charge in [0, 0.05) is 19.0 Å². The highest BCUT2D eigenvalue weighted by Crippen LogP contribution is 2.44. The van der Waals surface area contributed by atoms with Crippen molar-refractivity contribution in [2.45, 2.75) is 39.2 Å². The highest BCUT2D eigenvalue weighted by molar-refractivity contribution is 5.87. The Hall–Kier alpha value is -3.35. The largest absolute Gasteiger partial charge is 0.481 e. The van der Waals surface area contributed by atoms with Gasteiger partial charge in [-0.3, -0.25) is 9.59 Å². The van der Waals surface area contributed by atoms with Crippen molar-refractivity contribution in [1.29, 1.82) is 0 Å². The molecule has 34 heavy (non-hydrogen) atoms. The summed E-state index contributed by atoms with van der Waals surface area (Å²) in [6.45, 7) is 6.42. The molecule has 4 rings (SSSR count). The van der Waals surface area contributed by atoms with E-state index in [1.807, 2.05) is 45.0 Å². The van der Waals surface area contributed by atoms with Gasteiger partial charge in [0.05, 0.1) is 5.92 Å². The zero-order valence-electron chi connectivity index (χ0n) is 19.9. The lowest BCUT2D eigenvalue weighted by Gasteiger charge is -2.37. The number of amides is 2. The molecule has 1 aliphatic carbocycles. The number of nitrogens with zero attached hydrogens (tertiary/aromatic N) is 1. The molecule has 1 saturated heterocycles. The lowest BCUT2D eigenvalue weighted by molar-refractivity contribution is -0.148. The summed E-state index contributed by atoms with van der Waals surface area (Å²) >= 11 is 0. The number of likely N-dealkylation sites (tertiary alicyclic amines) is 1. The van der Waals surface area contributed by atoms with Crippen molar-refractivity contribution in [3.8, 4) is 11.1 Å². The van der Waals surface area contributed by atoms with Gasteiger partial charge in [0.15, 0.2) is 0 Å². The van der Waals surface area contributed by atoms with E-state index >= 15 is 0 Å². The van der Waals surface area contributed by atoms with Crippen LogP contribution in [-0.2, 0) is 14.3 Å². The number of ether oxygens (including phenoxy) is 1. The number of benzene rings is 2. The summed E-state index contributed by atoms with van der Waals surface area (Å²) < 4.78 is 5.62. The average molecular weight is 465 g/mol. The molecule has 0 spiro atoms. The Morgan fingerprint density at radius 2 is 1.65 bits per heavy atom. The van der Waals surface area contributed by atoms with Crippen molar-refractivity contribution in [2.24, 2.45) is 17.8 Å². The van der Waals surface area contributed by atoms with Crippen LogP contribution in [0.2, 0.25) is 0 Å². The van der Waals surface area contributed by atoms with Crippen molar-refractivity contribution in [1.82, 2.24) is 10.2 Å². The third-order valence-electron chi connectivity index (χ3n) is 7.14. The third-order valence-corrected chi connectivity index (χ3v) is 7.14. The molecule has 3 unspecified atom stereocenters. The molecule has 2 aliphatic rings. The van der Waals surface area contributed by atoms with Gasteiger partial charge in [-0.1, -0.05) is 69.3 Å². The van der Waals surface area contributed by atoms with Crippen molar-refractivity contribution in [2.75, 3.05) is 19.7 Å². The topological polar surface area (TPSA) is 95.9 Å². The number of hydrogen-bond acceptors (Lipinski definition) is 4. The van der Waals surface area contributed by atoms with Crippen LogP contribution in [0.3, 0.4) is 0 Å². The molecule has 0 aromatic heterocycles. The average Bonchev–Trinajstić information content (AvgIpc) is 3.14. The van der Waals surface area contributed by atoms with Crippen molar-refractivity contribution < 1.29 is 24.2 Å². The lowest BCUT2D eigenvalue weighted by atomic mass is 9.86. The van der Waals surface area contributed by atoms with Gasteiger partial charge in [-0.25, -0.2) is 4.79 Å². The highest BCUT2D eigenvalue weighted by Gasteiger charge is 2.37. The maximum atomic E-state index is 13.2. The van der Waals surface area contributed by atoms with E-state index in [9.17, 15) is 19.5 Å². The molecule has 1 fully saturated rings. The first kappa shape index (κ1) is 23.8. The van der Waals surface area contributed by atoms with Crippen molar-refractivity contribution in [3.63, 3.8) is 0 Å². The van der Waals surface area contributed by atoms with Crippen LogP contribution >= 0.6 is 0 Å². The van der Waals surface area contributed by atoms with Gasteiger partial charge in [-0.05, 0) is 40.5 Å². The highest BCUT2D eigenvalue weighted by atomic mass is 16.5. The van der Waals surface area contributed by atoms with Gasteiger partial charge in [0.1, 0.15) is 12.6 Å². The predicted molar refractivity (Wildman–Crippen MR) is 128 cm³/mol. The van der Waals surface area contributed by atoms with Crippen LogP contribution in [0.15, 0.2) is 48.5 Å². The van der Waals surface area contributed by atoms with Crippen LogP contribution in [0.4, 0.5) is 4.79 Å². The van der Waals surface area contributed by atoms with E-state index in [2.05, 4.69) is 29.6 Å². The molecule has 2 aromatic rings. The second-order valence-corrected chi connectivity index (χ2v) is 9.69. The Balaban J connectivity index is 1.41. The fraction of sp³-hybridized carbons (Fsp3) is 0.444. The number of piperidine rings is 1. The quantitative estimate of drug-likeness (QED) is 0.671. The Morgan fingerprint density at radius 1 is 1.06 bits per heavy atom. The smallest absolute Gasteiger partial charge is 0.407 e. The molecule has 2 N–H and O–H groups in total. The van der Waals surface area contributed by atoms with Gasteiger partial charge in [0.25, 0.3) is 0 Å². The Labute approximate surface area is 200 Å². The van der Waals surface area contributed by atoms with Gasteiger partial charge in [-0.15, -0.1) is 0 Å². The van der Waals surface area contributed by atoms with Crippen LogP contribution in [0.5, 0.6) is 0 Å². The molecule has 1 heterocycles. The lowest BCUT2D eigenvalue weighted by Crippen LogP contribution is -2.55. The first-order valence-corrected chi connectivity index (χ1v) is 11.9. The van der Waals surface area contributed by atoms with E-state index in [-0.39, 0.29) is 36.8 Å². The third kappa shape index (κ3) is 4.65. The number of fused-ring (bicyclic) bond motifs is 3. The molecular formula is C27H32N2O5. The van der Waals surface area contributed by atoms with Crippen molar-refractivity contribution in [3.05, 3.63) is 59.7 Å². The van der Waals surface area contributed by atoms with E-state index in [0.29, 0.717) is 13.0 Å². The minimum absolute atomic E-state index is 0.00846. The van der Waals surface area contributed by atoms with Gasteiger partial charge in [-0.2, -0.15) is 0 Å². The number of carboxylic acid groups (broad SMARTS) is 1. The molecular weight excluding hydrogens is 432 g/mol. The second kappa shape index (κ2) is 9.87. The van der Waals surface area contributed by atoms with E-state index in [4.69, 9.17) is 4.74 Å². The van der Waals surface area contributed by atoms with Crippen molar-refractivity contribution >= 4 is 18.0 Å². The second-order valence-electron chi connectivity index (χ2n) is 9.69. The summed E-state index contributed by atoms with van der Waals surface area (Å²) in [5, 5.41) is 12.2. The van der Waals surface area contributed by atoms with E-state index in [1.165, 1.54) is 0 Å². The standard InChI is InChI=1S/C27H32N2O5/c1-16(2)24(25(30)29-13-12-17(3)22(14-29)26(31)32)28-27(33)34-15-23-20-10-6-4-8-18(20)19-9-5-7-11-21(19)23/h4-11,16-17,22-24H,12-15H2,1-3H3,(H,28,33)(H,31,32). The number of rotatable bonds is 6. The normalized spacial score (nSPS) is 20.4. The van der Waals surface area contributed by atoms with Crippen LogP contribution in [-0.4, -0.2) is 53.7 Å². The summed E-state index contributed by atoms with van der Waals surface area (Å²) in [7, 11) is 0. The Kier molecular flexibility index (Phi) is 6.91. The molecule has 0 saturated carbocycles. The molecule has 180 valence electrons. The van der Waals surface area contributed by atoms with Crippen LogP contribution in [0.1, 0.15) is 44.2 Å². The minimum Gasteiger partial charge on any atom is -0.481 e. The predicted octanol–water partition coefficient (Wildman–Crippen LogP) is 4.12. The van der Waals surface area contributed by atoms with E-state index in [1.54, 1.807) is 4.90 Å². The summed E-state index contributed by atoms with van der Waals surface area (Å²) in [5.41, 5.74) is 4.54. The monoisotopic (exact) mass is 464 g/mol. The van der Waals surface area contributed by atoms with Crippen LogP contribution in [0, 0.1) is 17.8 Å². The fourth-order valence-electron chi connectivity index (χ4n) is 5.07. The first-order valence-electron chi connectivity index (χ1n) is 11.9. The van der Waals surface area contributed by atoms with Crippen LogP contribution in [0.25, 0.3) is 11.1 Å². The molecule has 7 nitrogen and oxygen atoms in total. The summed E-state index contributed by atoms with van der Waals surface area (Å²) in [5.74, 6) is -1.98. The number of hydrogen-bond donors (Lipinski definition) is 2. The Morgan fingerprint density at radius 3 is 2.21 bits per heavy atom. The SMILES string of the molecule is CC(C)C(NC(=O)OCC1c2ccccc2-c2ccccc21)C(=O)N1CCC(C)C(C(=O)O)C1. The zero-order valence-corrected chi connectivity index (χ0v) is 19.9. The van der Waals surface area contributed by atoms with Crippen LogP contribution < -0.4 is 5.32 Å². The zero-order chi connectivity index (χ0) is 24.4. The number of carboxylic acids is 1. The first-order chi connectivity index (χ1) is 16.3. The van der Waals surface area contributed by atoms with E-state index in [0.717, 1.165) is 22.3 Å². The number of aliphatic carboxylic acids is 1. The molecule has 0 bridgehead atoms. The molecule has 3 atom stereocenters. The minimum atomic E-state index is -0.893. The number of carbonyl (C=O) groups excluding carboxylic acids is 2. The summed E-state index contributed by atoms with van der Waals surface area (Å²) in [6, 6.07) is 15.4. The summed E-state index contributed by atoms with van der Waals surface area (Å²) in [4.78, 5) is 39.1. The van der Waals surface area contributed by atoms with Gasteiger partial charge in [0.2, 0.25) is 5.91 Å². The Bertz CT molecular complexity index is 1040. The molecule has 1 aliphatic heterocycles. The molecule has 7 heteroatoms. The summed E-state index contributed by atoms with van der Waals surface area (Å²) in [6.07, 6.45) is -0.0209. The molecule has 0 radical (unpaired) electrons. The maximum absolute atomic E-state index is 13.2. The number of nitrogens with one attached hydrogen (secondary N) is 1. The molecule has 2 amide bonds. The molecule has 2 aromatic carbocycles. The van der Waals surface area contributed by atoms with Gasteiger partial charge >= 0.3 is 12.1 Å². The fourth-order valence-corrected chi connectivity index (χ4v) is 5.07.